The molecule has 0 heterocycles. The van der Waals surface area contributed by atoms with Gasteiger partial charge in [-0.25, -0.2) is 8.42 Å². The van der Waals surface area contributed by atoms with Gasteiger partial charge in [-0.1, -0.05) is 54.6 Å². The molecule has 0 fully saturated rings. The lowest BCUT2D eigenvalue weighted by molar-refractivity contribution is -0.384. The summed E-state index contributed by atoms with van der Waals surface area (Å²) in [6.07, 6.45) is -1.14. The molecule has 0 spiro atoms. The number of hydrogen-bond donors (Lipinski definition) is 3. The molecule has 0 saturated carbocycles. The fourth-order valence-corrected chi connectivity index (χ4v) is 6.20. The Morgan fingerprint density at radius 3 is 2.37 bits per heavy atom. The van der Waals surface area contributed by atoms with Crippen LogP contribution >= 0.6 is 0 Å². The van der Waals surface area contributed by atoms with E-state index in [0.29, 0.717) is 12.8 Å². The summed E-state index contributed by atoms with van der Waals surface area (Å²) in [6.45, 7) is 0. The second-order valence-corrected chi connectivity index (χ2v) is 11.7. The van der Waals surface area contributed by atoms with Crippen LogP contribution in [0.15, 0.2) is 83.8 Å². The second kappa shape index (κ2) is 11.8. The summed E-state index contributed by atoms with van der Waals surface area (Å²) in [7, 11) is -3.79. The average Bonchev–Trinajstić information content (AvgIpc) is 3.22. The lowest BCUT2D eigenvalue weighted by Gasteiger charge is -2.24. The lowest BCUT2D eigenvalue weighted by Crippen LogP contribution is -2.39. The van der Waals surface area contributed by atoms with E-state index in [9.17, 15) is 33.5 Å². The van der Waals surface area contributed by atoms with Crippen LogP contribution < -0.4 is 5.32 Å². The largest absolute Gasteiger partial charge is 0.393 e. The van der Waals surface area contributed by atoms with Crippen molar-refractivity contribution in [3.8, 4) is 0 Å². The zero-order chi connectivity index (χ0) is 27.3. The number of nitrogens with one attached hydrogen (secondary N) is 1. The molecule has 3 N–H and O–H groups in total. The molecule has 0 unspecified atom stereocenters. The highest BCUT2D eigenvalue weighted by atomic mass is 32.2. The van der Waals surface area contributed by atoms with E-state index in [1.54, 1.807) is 0 Å². The highest BCUT2D eigenvalue weighted by molar-refractivity contribution is 7.91. The molecule has 0 aliphatic heterocycles. The van der Waals surface area contributed by atoms with Crippen molar-refractivity contribution in [1.82, 2.24) is 5.32 Å². The summed E-state index contributed by atoms with van der Waals surface area (Å²) in [5.41, 5.74) is 2.52. The van der Waals surface area contributed by atoms with Gasteiger partial charge in [-0.15, -0.1) is 0 Å². The normalized spacial score (nSPS) is 18.4. The number of rotatable bonds is 11. The molecule has 10 heteroatoms. The van der Waals surface area contributed by atoms with E-state index in [2.05, 4.69) is 5.32 Å². The summed E-state index contributed by atoms with van der Waals surface area (Å²) in [6, 6.07) is 20.9. The first-order valence-electron chi connectivity index (χ1n) is 12.4. The number of hydrogen-bond acceptors (Lipinski definition) is 7. The van der Waals surface area contributed by atoms with E-state index in [1.165, 1.54) is 12.1 Å². The molecule has 0 saturated heterocycles. The van der Waals surface area contributed by atoms with Gasteiger partial charge >= 0.3 is 0 Å². The fraction of sp³-hybridized carbons (Fsp3) is 0.321. The predicted octanol–water partition coefficient (Wildman–Crippen LogP) is 3.14. The first kappa shape index (κ1) is 27.4. The molecular formula is C28H30N2O7S. The van der Waals surface area contributed by atoms with Crippen molar-refractivity contribution in [2.24, 2.45) is 5.92 Å². The van der Waals surface area contributed by atoms with Crippen LogP contribution in [0, 0.1) is 16.0 Å². The number of fused-ring (bicyclic) bond motifs is 1. The van der Waals surface area contributed by atoms with Crippen molar-refractivity contribution in [2.45, 2.75) is 48.8 Å². The van der Waals surface area contributed by atoms with E-state index in [4.69, 9.17) is 0 Å². The standard InChI is InChI=1S/C28H30N2O7S/c31-23(14-15-38(36,37)24-12-10-22(11-13-24)30(34)35)17-21(16-19-6-2-1-3-7-19)28(33)29-27-25-9-5-4-8-20(25)18-26(27)32/h1-13,21,23,26-27,31-32H,14-18H2,(H,29,33)/t21-,23-,26-,27+/m1/s1. The van der Waals surface area contributed by atoms with E-state index in [-0.39, 0.29) is 35.1 Å². The van der Waals surface area contributed by atoms with Crippen LogP contribution in [0.4, 0.5) is 5.69 Å². The number of aliphatic hydroxyl groups excluding tert-OH is 2. The van der Waals surface area contributed by atoms with Gasteiger partial charge in [0.05, 0.1) is 33.8 Å². The molecule has 3 aromatic rings. The van der Waals surface area contributed by atoms with Gasteiger partial charge in [-0.3, -0.25) is 14.9 Å². The number of sulfone groups is 1. The fourth-order valence-electron chi connectivity index (χ4n) is 4.83. The molecule has 0 radical (unpaired) electrons. The Bertz CT molecular complexity index is 1380. The zero-order valence-corrected chi connectivity index (χ0v) is 21.5. The minimum Gasteiger partial charge on any atom is -0.393 e. The minimum absolute atomic E-state index is 0.0287. The van der Waals surface area contributed by atoms with Gasteiger partial charge < -0.3 is 15.5 Å². The van der Waals surface area contributed by atoms with Crippen LogP contribution in [0.25, 0.3) is 0 Å². The molecule has 0 bridgehead atoms. The van der Waals surface area contributed by atoms with Crippen molar-refractivity contribution in [2.75, 3.05) is 5.75 Å². The summed E-state index contributed by atoms with van der Waals surface area (Å²) in [5, 5.41) is 35.1. The molecule has 1 aliphatic carbocycles. The van der Waals surface area contributed by atoms with Crippen molar-refractivity contribution < 1.29 is 28.3 Å². The van der Waals surface area contributed by atoms with E-state index >= 15 is 0 Å². The first-order valence-corrected chi connectivity index (χ1v) is 14.0. The lowest BCUT2D eigenvalue weighted by atomic mass is 9.91. The van der Waals surface area contributed by atoms with Crippen molar-refractivity contribution in [3.05, 3.63) is 106 Å². The average molecular weight is 539 g/mol. The molecule has 9 nitrogen and oxygen atoms in total. The van der Waals surface area contributed by atoms with Crippen LogP contribution in [0.1, 0.15) is 35.6 Å². The quantitative estimate of drug-likeness (QED) is 0.251. The highest BCUT2D eigenvalue weighted by Gasteiger charge is 2.34. The van der Waals surface area contributed by atoms with Gasteiger partial charge in [0.15, 0.2) is 9.84 Å². The third kappa shape index (κ3) is 6.63. The number of benzene rings is 3. The third-order valence-electron chi connectivity index (χ3n) is 6.88. The summed E-state index contributed by atoms with van der Waals surface area (Å²) in [5.74, 6) is -1.36. The smallest absolute Gasteiger partial charge is 0.269 e. The van der Waals surface area contributed by atoms with Gasteiger partial charge in [-0.2, -0.15) is 0 Å². The Morgan fingerprint density at radius 1 is 1.03 bits per heavy atom. The molecule has 38 heavy (non-hydrogen) atoms. The monoisotopic (exact) mass is 538 g/mol. The Balaban J connectivity index is 1.44. The topological polar surface area (TPSA) is 147 Å². The SMILES string of the molecule is O=C(N[C@H]1c2ccccc2C[C@H]1O)[C@H](Cc1ccccc1)C[C@H](O)CCS(=O)(=O)c1ccc([N+](=O)[O-])cc1. The maximum absolute atomic E-state index is 13.4. The number of nitrogens with zero attached hydrogens (tertiary/aromatic N) is 1. The number of non-ortho nitro benzene ring substituents is 1. The molecular weight excluding hydrogens is 508 g/mol. The van der Waals surface area contributed by atoms with Crippen molar-refractivity contribution in [3.63, 3.8) is 0 Å². The minimum atomic E-state index is -3.79. The number of aliphatic hydroxyl groups is 2. The molecule has 3 aromatic carbocycles. The van der Waals surface area contributed by atoms with E-state index in [0.717, 1.165) is 28.8 Å². The van der Waals surface area contributed by atoms with Gasteiger partial charge in [0.2, 0.25) is 5.91 Å². The molecule has 1 aliphatic rings. The maximum Gasteiger partial charge on any atom is 0.269 e. The Hall–Kier alpha value is -3.60. The number of nitro benzene ring substituents is 1. The summed E-state index contributed by atoms with van der Waals surface area (Å²) in [4.78, 5) is 23.6. The predicted molar refractivity (Wildman–Crippen MR) is 141 cm³/mol. The molecule has 4 rings (SSSR count). The van der Waals surface area contributed by atoms with E-state index < -0.39 is 38.9 Å². The van der Waals surface area contributed by atoms with E-state index in [1.807, 2.05) is 54.6 Å². The number of amides is 1. The molecule has 200 valence electrons. The van der Waals surface area contributed by atoms with Gasteiger partial charge in [0.1, 0.15) is 0 Å². The van der Waals surface area contributed by atoms with Crippen LogP contribution in [-0.2, 0) is 27.5 Å². The van der Waals surface area contributed by atoms with Crippen molar-refractivity contribution >= 4 is 21.4 Å². The van der Waals surface area contributed by atoms with Crippen LogP contribution in [0.2, 0.25) is 0 Å². The van der Waals surface area contributed by atoms with Crippen LogP contribution in [0.3, 0.4) is 0 Å². The Kier molecular flexibility index (Phi) is 8.55. The number of nitro groups is 1. The number of carbonyl (C=O) groups is 1. The highest BCUT2D eigenvalue weighted by Crippen LogP contribution is 2.32. The molecule has 0 aromatic heterocycles. The van der Waals surface area contributed by atoms with Crippen molar-refractivity contribution in [1.29, 1.82) is 0 Å². The Labute approximate surface area is 221 Å². The molecule has 1 amide bonds. The van der Waals surface area contributed by atoms with Crippen LogP contribution in [-0.4, -0.2) is 47.4 Å². The van der Waals surface area contributed by atoms with Gasteiger partial charge in [0.25, 0.3) is 5.69 Å². The second-order valence-electron chi connectivity index (χ2n) is 9.59. The zero-order valence-electron chi connectivity index (χ0n) is 20.6. The Morgan fingerprint density at radius 2 is 1.68 bits per heavy atom. The summed E-state index contributed by atoms with van der Waals surface area (Å²) < 4.78 is 25.4. The van der Waals surface area contributed by atoms with Gasteiger partial charge in [-0.05, 0) is 48.1 Å². The van der Waals surface area contributed by atoms with Crippen LogP contribution in [0.5, 0.6) is 0 Å². The molecule has 4 atom stereocenters. The first-order chi connectivity index (χ1) is 18.1. The summed E-state index contributed by atoms with van der Waals surface area (Å²) >= 11 is 0. The maximum atomic E-state index is 13.4. The third-order valence-corrected chi connectivity index (χ3v) is 8.64. The van der Waals surface area contributed by atoms with Gasteiger partial charge in [0, 0.05) is 24.5 Å². The number of carbonyl (C=O) groups excluding carboxylic acids is 1.